The summed E-state index contributed by atoms with van der Waals surface area (Å²) in [7, 11) is 1.59. The molecule has 2 heterocycles. The molecule has 1 saturated heterocycles. The zero-order chi connectivity index (χ0) is 29.6. The zero-order valence-corrected chi connectivity index (χ0v) is 23.4. The monoisotopic (exact) mass is 588 g/mol. The normalized spacial score (nSPS) is 18.5. The summed E-state index contributed by atoms with van der Waals surface area (Å²) in [6.07, 6.45) is -0.841. The van der Waals surface area contributed by atoms with E-state index >= 15 is 0 Å². The number of hydrogen-bond donors (Lipinski definition) is 2. The minimum atomic E-state index is -4.47. The molecule has 1 aliphatic heterocycles. The van der Waals surface area contributed by atoms with Gasteiger partial charge in [0.25, 0.3) is 0 Å². The second-order valence-electron chi connectivity index (χ2n) is 10.3. The Morgan fingerprint density at radius 1 is 1.20 bits per heavy atom. The molecular formula is C31H32ClF3N2O4. The maximum Gasteiger partial charge on any atom is 0.416 e. The van der Waals surface area contributed by atoms with Crippen molar-refractivity contribution in [3.05, 3.63) is 70.4 Å². The SMILES string of the molecule is COc1ccc2nccc([C@@H](O)CCC3CCN(CC#Cc4ccc(C(F)(F)F)cc4Cl)CC3CCC(=O)O)c2c1. The molecule has 3 aromatic rings. The number of aromatic nitrogens is 1. The summed E-state index contributed by atoms with van der Waals surface area (Å²) >= 11 is 6.02. The van der Waals surface area contributed by atoms with Gasteiger partial charge in [0.1, 0.15) is 5.75 Å². The van der Waals surface area contributed by atoms with Crippen LogP contribution in [0.15, 0.2) is 48.7 Å². The molecule has 4 rings (SSSR count). The molecule has 1 aliphatic rings. The number of hydrogen-bond acceptors (Lipinski definition) is 5. The average molecular weight is 589 g/mol. The maximum absolute atomic E-state index is 12.9. The van der Waals surface area contributed by atoms with Crippen LogP contribution in [0, 0.1) is 23.7 Å². The summed E-state index contributed by atoms with van der Waals surface area (Å²) in [6, 6.07) is 10.5. The van der Waals surface area contributed by atoms with E-state index in [1.807, 2.05) is 24.3 Å². The van der Waals surface area contributed by atoms with Gasteiger partial charge in [-0.1, -0.05) is 23.4 Å². The summed E-state index contributed by atoms with van der Waals surface area (Å²) in [6.45, 7) is 1.79. The van der Waals surface area contributed by atoms with Gasteiger partial charge < -0.3 is 14.9 Å². The Morgan fingerprint density at radius 3 is 2.71 bits per heavy atom. The fourth-order valence-electron chi connectivity index (χ4n) is 5.45. The smallest absolute Gasteiger partial charge is 0.416 e. The van der Waals surface area contributed by atoms with Crippen LogP contribution in [0.3, 0.4) is 0 Å². The van der Waals surface area contributed by atoms with Gasteiger partial charge in [0.15, 0.2) is 0 Å². The van der Waals surface area contributed by atoms with E-state index < -0.39 is 23.8 Å². The summed E-state index contributed by atoms with van der Waals surface area (Å²) in [5.41, 5.74) is 1.06. The van der Waals surface area contributed by atoms with Crippen molar-refractivity contribution in [3.63, 3.8) is 0 Å². The van der Waals surface area contributed by atoms with Crippen LogP contribution >= 0.6 is 11.6 Å². The third-order valence-corrected chi connectivity index (χ3v) is 7.99. The lowest BCUT2D eigenvalue weighted by Gasteiger charge is -2.38. The van der Waals surface area contributed by atoms with Crippen LogP contribution in [-0.2, 0) is 11.0 Å². The summed E-state index contributed by atoms with van der Waals surface area (Å²) in [5.74, 6) is 6.05. The Labute approximate surface area is 242 Å². The van der Waals surface area contributed by atoms with Crippen molar-refractivity contribution in [2.75, 3.05) is 26.7 Å². The van der Waals surface area contributed by atoms with Crippen LogP contribution in [0.5, 0.6) is 5.75 Å². The highest BCUT2D eigenvalue weighted by Crippen LogP contribution is 2.35. The molecule has 0 saturated carbocycles. The van der Waals surface area contributed by atoms with Gasteiger partial charge in [-0.3, -0.25) is 14.7 Å². The molecule has 1 aromatic heterocycles. The number of carboxylic acid groups (broad SMARTS) is 1. The molecule has 2 aromatic carbocycles. The van der Waals surface area contributed by atoms with Crippen LogP contribution in [0.1, 0.15) is 54.9 Å². The highest BCUT2D eigenvalue weighted by molar-refractivity contribution is 6.31. The Morgan fingerprint density at radius 2 is 2.00 bits per heavy atom. The maximum atomic E-state index is 12.9. The van der Waals surface area contributed by atoms with E-state index in [1.54, 1.807) is 13.3 Å². The number of halogens is 4. The molecule has 0 radical (unpaired) electrons. The number of likely N-dealkylation sites (tertiary alicyclic amines) is 1. The van der Waals surface area contributed by atoms with Crippen molar-refractivity contribution < 1.29 is 32.9 Å². The Kier molecular flexibility index (Phi) is 10.1. The van der Waals surface area contributed by atoms with E-state index in [0.717, 1.165) is 48.0 Å². The van der Waals surface area contributed by atoms with Crippen LogP contribution in [-0.4, -0.2) is 52.8 Å². The topological polar surface area (TPSA) is 82.9 Å². The molecule has 0 aliphatic carbocycles. The molecular weight excluding hydrogens is 557 g/mol. The number of rotatable bonds is 9. The zero-order valence-electron chi connectivity index (χ0n) is 22.6. The van der Waals surface area contributed by atoms with E-state index in [9.17, 15) is 28.2 Å². The van der Waals surface area contributed by atoms with Crippen LogP contribution in [0.2, 0.25) is 5.02 Å². The first kappa shape index (κ1) is 30.6. The number of aliphatic hydroxyl groups excluding tert-OH is 1. The third kappa shape index (κ3) is 8.13. The summed E-state index contributed by atoms with van der Waals surface area (Å²) < 4.78 is 44.0. The van der Waals surface area contributed by atoms with Crippen LogP contribution in [0.4, 0.5) is 13.2 Å². The Bertz CT molecular complexity index is 1440. The second kappa shape index (κ2) is 13.6. The lowest BCUT2D eigenvalue weighted by molar-refractivity contribution is -0.138. The van der Waals surface area contributed by atoms with Gasteiger partial charge in [0.2, 0.25) is 0 Å². The lowest BCUT2D eigenvalue weighted by atomic mass is 9.79. The molecule has 0 amide bonds. The van der Waals surface area contributed by atoms with Crippen molar-refractivity contribution >= 4 is 28.5 Å². The van der Waals surface area contributed by atoms with Gasteiger partial charge in [-0.2, -0.15) is 13.2 Å². The van der Waals surface area contributed by atoms with Crippen molar-refractivity contribution in [1.82, 2.24) is 9.88 Å². The molecule has 41 heavy (non-hydrogen) atoms. The number of carbonyl (C=O) groups is 1. The minimum Gasteiger partial charge on any atom is -0.497 e. The van der Waals surface area contributed by atoms with Gasteiger partial charge in [-0.25, -0.2) is 0 Å². The van der Waals surface area contributed by atoms with E-state index in [-0.39, 0.29) is 23.3 Å². The fourth-order valence-corrected chi connectivity index (χ4v) is 5.67. The van der Waals surface area contributed by atoms with E-state index in [2.05, 4.69) is 21.7 Å². The first-order valence-corrected chi connectivity index (χ1v) is 13.8. The third-order valence-electron chi connectivity index (χ3n) is 7.68. The first-order valence-electron chi connectivity index (χ1n) is 13.5. The predicted molar refractivity (Wildman–Crippen MR) is 151 cm³/mol. The molecule has 6 nitrogen and oxygen atoms in total. The minimum absolute atomic E-state index is 0.0515. The number of fused-ring (bicyclic) bond motifs is 1. The molecule has 10 heteroatoms. The number of pyridine rings is 1. The highest BCUT2D eigenvalue weighted by Gasteiger charge is 2.31. The largest absolute Gasteiger partial charge is 0.497 e. The van der Waals surface area contributed by atoms with Crippen LogP contribution < -0.4 is 4.74 Å². The van der Waals surface area contributed by atoms with Crippen molar-refractivity contribution in [1.29, 1.82) is 0 Å². The quantitative estimate of drug-likeness (QED) is 0.275. The average Bonchev–Trinajstić information content (AvgIpc) is 2.94. The van der Waals surface area contributed by atoms with Gasteiger partial charge in [-0.05, 0) is 92.1 Å². The van der Waals surface area contributed by atoms with Crippen molar-refractivity contribution in [2.45, 2.75) is 44.4 Å². The predicted octanol–water partition coefficient (Wildman–Crippen LogP) is 6.58. The number of benzene rings is 2. The Hall–Kier alpha value is -3.32. The molecule has 0 spiro atoms. The number of methoxy groups -OCH3 is 1. The van der Waals surface area contributed by atoms with Gasteiger partial charge >= 0.3 is 12.1 Å². The molecule has 1 fully saturated rings. The van der Waals surface area contributed by atoms with E-state index in [0.29, 0.717) is 37.2 Å². The fraction of sp³-hybridized carbons (Fsp3) is 0.419. The number of aliphatic carboxylic acids is 1. The summed E-state index contributed by atoms with van der Waals surface area (Å²) in [4.78, 5) is 17.8. The molecule has 0 bridgehead atoms. The van der Waals surface area contributed by atoms with Gasteiger partial charge in [0, 0.05) is 30.1 Å². The second-order valence-corrected chi connectivity index (χ2v) is 10.8. The number of piperidine rings is 1. The molecule has 218 valence electrons. The van der Waals surface area contributed by atoms with Gasteiger partial charge in [0.05, 0.1) is 35.9 Å². The van der Waals surface area contributed by atoms with E-state index in [4.69, 9.17) is 16.3 Å². The number of ether oxygens (including phenoxy) is 1. The van der Waals surface area contributed by atoms with Crippen LogP contribution in [0.25, 0.3) is 10.9 Å². The Balaban J connectivity index is 1.39. The number of aliphatic hydroxyl groups is 1. The van der Waals surface area contributed by atoms with Gasteiger partial charge in [-0.15, -0.1) is 0 Å². The lowest BCUT2D eigenvalue weighted by Crippen LogP contribution is -2.41. The number of alkyl halides is 3. The highest BCUT2D eigenvalue weighted by atomic mass is 35.5. The van der Waals surface area contributed by atoms with Crippen molar-refractivity contribution in [3.8, 4) is 17.6 Å². The van der Waals surface area contributed by atoms with Crippen molar-refractivity contribution in [2.24, 2.45) is 11.8 Å². The number of carboxylic acids is 1. The standard InChI is InChI=1S/C31H32ClF3N2O4/c1-41-24-8-9-28-26(18-24)25(12-14-36-28)29(38)10-5-20-13-16-37(19-22(20)6-11-30(39)40)15-2-3-21-4-7-23(17-27(21)32)31(33,34)35/h4,7-9,12,14,17-18,20,22,29,38H,5-6,10-11,13,15-16,19H2,1H3,(H,39,40)/t20?,22?,29-/m0/s1. The molecule has 2 N–H and O–H groups in total. The molecule has 3 atom stereocenters. The van der Waals surface area contributed by atoms with E-state index in [1.165, 1.54) is 6.07 Å². The summed E-state index contributed by atoms with van der Waals surface area (Å²) in [5, 5.41) is 21.2. The number of nitrogens with zero attached hydrogens (tertiary/aromatic N) is 2. The molecule has 2 unspecified atom stereocenters. The first-order chi connectivity index (χ1) is 19.5.